The van der Waals surface area contributed by atoms with Gasteiger partial charge in [0.25, 0.3) is 0 Å². The Balaban J connectivity index is 1.95. The van der Waals surface area contributed by atoms with Crippen LogP contribution in [0.1, 0.15) is 36.0 Å². The largest absolute Gasteiger partial charge is 0.462 e. The molecular formula is C13H15Cl2NO2. The van der Waals surface area contributed by atoms with E-state index in [2.05, 4.69) is 0 Å². The number of nitrogen functional groups attached to an aromatic ring is 1. The van der Waals surface area contributed by atoms with Crippen LogP contribution in [-0.4, -0.2) is 12.6 Å². The number of ether oxygens (including phenoxy) is 1. The molecule has 0 aromatic heterocycles. The first-order chi connectivity index (χ1) is 8.58. The number of esters is 1. The van der Waals surface area contributed by atoms with Gasteiger partial charge in [0.05, 0.1) is 22.9 Å². The van der Waals surface area contributed by atoms with E-state index < -0.39 is 5.97 Å². The Hall–Kier alpha value is -0.930. The fourth-order valence-corrected chi connectivity index (χ4v) is 2.42. The van der Waals surface area contributed by atoms with Crippen molar-refractivity contribution in [2.24, 2.45) is 5.92 Å². The van der Waals surface area contributed by atoms with E-state index in [1.165, 1.54) is 31.4 Å². The number of rotatable bonds is 4. The second kappa shape index (κ2) is 5.81. The molecule has 3 nitrogen and oxygen atoms in total. The minimum Gasteiger partial charge on any atom is -0.462 e. The molecule has 18 heavy (non-hydrogen) atoms. The summed E-state index contributed by atoms with van der Waals surface area (Å²) in [6, 6.07) is 2.98. The summed E-state index contributed by atoms with van der Waals surface area (Å²) in [7, 11) is 0. The molecule has 2 rings (SSSR count). The minimum absolute atomic E-state index is 0.217. The van der Waals surface area contributed by atoms with Crippen LogP contribution < -0.4 is 5.73 Å². The van der Waals surface area contributed by atoms with Crippen molar-refractivity contribution in [1.82, 2.24) is 0 Å². The van der Waals surface area contributed by atoms with Gasteiger partial charge >= 0.3 is 5.97 Å². The van der Waals surface area contributed by atoms with Gasteiger partial charge in [0.1, 0.15) is 0 Å². The monoisotopic (exact) mass is 287 g/mol. The smallest absolute Gasteiger partial charge is 0.340 e. The summed E-state index contributed by atoms with van der Waals surface area (Å²) in [4.78, 5) is 11.8. The van der Waals surface area contributed by atoms with E-state index in [0.29, 0.717) is 17.5 Å². The molecule has 0 spiro atoms. The van der Waals surface area contributed by atoms with Crippen LogP contribution in [0.2, 0.25) is 10.0 Å². The van der Waals surface area contributed by atoms with E-state index in [1.54, 1.807) is 0 Å². The fourth-order valence-electron chi connectivity index (χ4n) is 1.93. The van der Waals surface area contributed by atoms with Crippen LogP contribution in [-0.2, 0) is 4.74 Å². The lowest BCUT2D eigenvalue weighted by atomic mass is 9.83. The van der Waals surface area contributed by atoms with E-state index in [0.717, 1.165) is 6.42 Å². The Bertz CT molecular complexity index is 459. The van der Waals surface area contributed by atoms with E-state index in [9.17, 15) is 4.79 Å². The highest BCUT2D eigenvalue weighted by atomic mass is 35.5. The Labute approximate surface area is 116 Å². The predicted octanol–water partition coefficient (Wildman–Crippen LogP) is 3.92. The summed E-state index contributed by atoms with van der Waals surface area (Å²) in [5, 5.41) is 0.647. The van der Waals surface area contributed by atoms with Crippen LogP contribution in [0.3, 0.4) is 0 Å². The van der Waals surface area contributed by atoms with Crippen molar-refractivity contribution in [3.8, 4) is 0 Å². The molecule has 5 heteroatoms. The fraction of sp³-hybridized carbons (Fsp3) is 0.462. The molecule has 1 aromatic rings. The number of anilines is 1. The molecule has 0 heterocycles. The highest BCUT2D eigenvalue weighted by molar-refractivity contribution is 6.37. The first-order valence-corrected chi connectivity index (χ1v) is 6.75. The first-order valence-electron chi connectivity index (χ1n) is 5.99. The summed E-state index contributed by atoms with van der Waals surface area (Å²) >= 11 is 11.7. The zero-order valence-corrected chi connectivity index (χ0v) is 11.4. The standard InChI is InChI=1S/C13H15Cl2NO2/c14-9-6-10(12(16)11(15)7-9)13(17)18-5-4-8-2-1-3-8/h6-8H,1-5,16H2. The Morgan fingerprint density at radius 3 is 2.72 bits per heavy atom. The summed E-state index contributed by atoms with van der Waals surface area (Å²) < 4.78 is 5.19. The number of benzene rings is 1. The Morgan fingerprint density at radius 1 is 1.39 bits per heavy atom. The van der Waals surface area contributed by atoms with Crippen molar-refractivity contribution in [1.29, 1.82) is 0 Å². The molecule has 1 saturated carbocycles. The van der Waals surface area contributed by atoms with Crippen LogP contribution in [0, 0.1) is 5.92 Å². The topological polar surface area (TPSA) is 52.3 Å². The molecule has 0 radical (unpaired) electrons. The summed E-state index contributed by atoms with van der Waals surface area (Å²) in [6.07, 6.45) is 4.68. The van der Waals surface area contributed by atoms with Crippen molar-refractivity contribution in [3.63, 3.8) is 0 Å². The summed E-state index contributed by atoms with van der Waals surface area (Å²) in [5.74, 6) is 0.245. The minimum atomic E-state index is -0.462. The van der Waals surface area contributed by atoms with Crippen LogP contribution >= 0.6 is 23.2 Å². The third-order valence-corrected chi connectivity index (χ3v) is 3.83. The summed E-state index contributed by atoms with van der Waals surface area (Å²) in [5.41, 5.74) is 6.18. The molecule has 98 valence electrons. The van der Waals surface area contributed by atoms with Gasteiger partial charge in [-0.25, -0.2) is 4.79 Å². The van der Waals surface area contributed by atoms with Crippen molar-refractivity contribution >= 4 is 34.9 Å². The molecule has 1 fully saturated rings. The van der Waals surface area contributed by atoms with Gasteiger partial charge < -0.3 is 10.5 Å². The van der Waals surface area contributed by atoms with Gasteiger partial charge in [-0.05, 0) is 24.5 Å². The molecule has 1 aliphatic carbocycles. The van der Waals surface area contributed by atoms with Crippen LogP contribution in [0.4, 0.5) is 5.69 Å². The molecule has 0 amide bonds. The molecule has 0 saturated heterocycles. The normalized spacial score (nSPS) is 15.2. The van der Waals surface area contributed by atoms with Gasteiger partial charge in [-0.2, -0.15) is 0 Å². The third-order valence-electron chi connectivity index (χ3n) is 3.30. The van der Waals surface area contributed by atoms with Crippen molar-refractivity contribution in [3.05, 3.63) is 27.7 Å². The predicted molar refractivity (Wildman–Crippen MR) is 73.1 cm³/mol. The molecule has 2 N–H and O–H groups in total. The van der Waals surface area contributed by atoms with Gasteiger partial charge in [0.2, 0.25) is 0 Å². The number of nitrogens with two attached hydrogens (primary N) is 1. The molecular weight excluding hydrogens is 273 g/mol. The maximum atomic E-state index is 11.8. The average Bonchev–Trinajstić information content (AvgIpc) is 2.26. The Kier molecular flexibility index (Phi) is 4.36. The zero-order chi connectivity index (χ0) is 13.1. The number of hydrogen-bond acceptors (Lipinski definition) is 3. The molecule has 0 aliphatic heterocycles. The van der Waals surface area contributed by atoms with Crippen molar-refractivity contribution in [2.75, 3.05) is 12.3 Å². The molecule has 0 unspecified atom stereocenters. The highest BCUT2D eigenvalue weighted by Gasteiger charge is 2.19. The van der Waals surface area contributed by atoms with Gasteiger partial charge in [0, 0.05) is 5.02 Å². The number of carbonyl (C=O) groups is 1. The Morgan fingerprint density at radius 2 is 2.11 bits per heavy atom. The summed E-state index contributed by atoms with van der Waals surface area (Å²) in [6.45, 7) is 0.424. The van der Waals surface area contributed by atoms with E-state index in [1.807, 2.05) is 0 Å². The van der Waals surface area contributed by atoms with E-state index in [-0.39, 0.29) is 16.3 Å². The quantitative estimate of drug-likeness (QED) is 0.674. The van der Waals surface area contributed by atoms with Gasteiger partial charge in [0.15, 0.2) is 0 Å². The highest BCUT2D eigenvalue weighted by Crippen LogP contribution is 2.30. The maximum Gasteiger partial charge on any atom is 0.340 e. The van der Waals surface area contributed by atoms with Gasteiger partial charge in [-0.15, -0.1) is 0 Å². The van der Waals surface area contributed by atoms with Crippen molar-refractivity contribution < 1.29 is 9.53 Å². The third kappa shape index (κ3) is 3.09. The van der Waals surface area contributed by atoms with Crippen LogP contribution in [0.15, 0.2) is 12.1 Å². The van der Waals surface area contributed by atoms with Gasteiger partial charge in [-0.1, -0.05) is 42.5 Å². The molecule has 1 aliphatic rings. The van der Waals surface area contributed by atoms with E-state index >= 15 is 0 Å². The average molecular weight is 288 g/mol. The van der Waals surface area contributed by atoms with E-state index in [4.69, 9.17) is 33.7 Å². The van der Waals surface area contributed by atoms with Crippen LogP contribution in [0.5, 0.6) is 0 Å². The second-order valence-corrected chi connectivity index (χ2v) is 5.41. The zero-order valence-electron chi connectivity index (χ0n) is 9.92. The lowest BCUT2D eigenvalue weighted by Gasteiger charge is -2.24. The number of halogens is 2. The SMILES string of the molecule is Nc1c(Cl)cc(Cl)cc1C(=O)OCCC1CCC1. The van der Waals surface area contributed by atoms with Gasteiger partial charge in [-0.3, -0.25) is 0 Å². The maximum absolute atomic E-state index is 11.8. The molecule has 1 aromatic carbocycles. The van der Waals surface area contributed by atoms with Crippen LogP contribution in [0.25, 0.3) is 0 Å². The lowest BCUT2D eigenvalue weighted by Crippen LogP contribution is -2.16. The number of hydrogen-bond donors (Lipinski definition) is 1. The lowest BCUT2D eigenvalue weighted by molar-refractivity contribution is 0.0465. The second-order valence-electron chi connectivity index (χ2n) is 4.57. The number of carbonyl (C=O) groups excluding carboxylic acids is 1. The first kappa shape index (κ1) is 13.5. The molecule has 0 atom stereocenters. The molecule has 0 bridgehead atoms. The van der Waals surface area contributed by atoms with Crippen molar-refractivity contribution in [2.45, 2.75) is 25.7 Å².